The summed E-state index contributed by atoms with van der Waals surface area (Å²) in [4.78, 5) is 6.24. The summed E-state index contributed by atoms with van der Waals surface area (Å²) in [6, 6.07) is 6.98. The van der Waals surface area contributed by atoms with Gasteiger partial charge < -0.3 is 10.0 Å². The molecule has 5 nitrogen and oxygen atoms in total. The van der Waals surface area contributed by atoms with Crippen molar-refractivity contribution in [3.05, 3.63) is 39.4 Å². The molecule has 0 saturated heterocycles. The van der Waals surface area contributed by atoms with Gasteiger partial charge in [0, 0.05) is 29.4 Å². The number of hydrogen-bond donors (Lipinski definition) is 0. The Morgan fingerprint density at radius 3 is 2.45 bits per heavy atom. The number of benzene rings is 1. The van der Waals surface area contributed by atoms with Crippen LogP contribution in [-0.2, 0) is 0 Å². The monoisotopic (exact) mass is 425 g/mol. The van der Waals surface area contributed by atoms with Crippen molar-refractivity contribution in [2.75, 3.05) is 18.0 Å². The lowest BCUT2D eigenvalue weighted by Gasteiger charge is -2.23. The van der Waals surface area contributed by atoms with Crippen LogP contribution in [0.3, 0.4) is 0 Å². The van der Waals surface area contributed by atoms with Crippen molar-refractivity contribution in [3.8, 4) is 5.75 Å². The third-order valence-corrected chi connectivity index (χ3v) is 4.13. The summed E-state index contributed by atoms with van der Waals surface area (Å²) in [6.45, 7) is 5.82. The molecule has 0 bridgehead atoms. The Balaban J connectivity index is 2.24. The normalized spacial score (nSPS) is 11.1. The van der Waals surface area contributed by atoms with Gasteiger partial charge >= 0.3 is 0 Å². The summed E-state index contributed by atoms with van der Waals surface area (Å²) in [7, 11) is 0. The fourth-order valence-electron chi connectivity index (χ4n) is 1.95. The Bertz CT molecular complexity index is 687. The van der Waals surface area contributed by atoms with Crippen LogP contribution in [0.15, 0.2) is 49.6 Å². The Kier molecular flexibility index (Phi) is 5.90. The van der Waals surface area contributed by atoms with Crippen LogP contribution in [0.2, 0.25) is 0 Å². The molecule has 116 valence electrons. The quantitative estimate of drug-likeness (QED) is 0.635. The zero-order valence-corrected chi connectivity index (χ0v) is 15.4. The van der Waals surface area contributed by atoms with E-state index in [1.54, 1.807) is 18.3 Å². The highest BCUT2D eigenvalue weighted by Crippen LogP contribution is 2.32. The van der Waals surface area contributed by atoms with Gasteiger partial charge in [-0.2, -0.15) is 0 Å². The van der Waals surface area contributed by atoms with Crippen molar-refractivity contribution in [3.63, 3.8) is 0 Å². The molecule has 0 atom stereocenters. The molecule has 0 spiro atoms. The van der Waals surface area contributed by atoms with Gasteiger partial charge in [-0.1, -0.05) is 5.75 Å². The van der Waals surface area contributed by atoms with Crippen LogP contribution in [0.1, 0.15) is 13.8 Å². The average molecular weight is 427 g/mol. The molecule has 2 aromatic rings. The molecule has 22 heavy (non-hydrogen) atoms. The topological polar surface area (TPSA) is 63.9 Å². The second-order valence-electron chi connectivity index (χ2n) is 4.48. The molecular weight excluding hydrogens is 412 g/mol. The van der Waals surface area contributed by atoms with Crippen LogP contribution >= 0.6 is 31.9 Å². The minimum atomic E-state index is -0.151. The first kappa shape index (κ1) is 16.9. The van der Waals surface area contributed by atoms with Gasteiger partial charge in [-0.15, -0.1) is 10.2 Å². The van der Waals surface area contributed by atoms with E-state index in [2.05, 4.69) is 65.8 Å². The van der Waals surface area contributed by atoms with Gasteiger partial charge in [-0.05, 0) is 70.0 Å². The molecule has 0 aliphatic heterocycles. The number of anilines is 1. The van der Waals surface area contributed by atoms with E-state index in [1.807, 2.05) is 12.1 Å². The summed E-state index contributed by atoms with van der Waals surface area (Å²) < 4.78 is 1.55. The summed E-state index contributed by atoms with van der Waals surface area (Å²) in [5, 5.41) is 20.1. The molecule has 0 radical (unpaired) electrons. The Labute approximate surface area is 146 Å². The van der Waals surface area contributed by atoms with E-state index >= 15 is 0 Å². The number of azo groups is 1. The SMILES string of the molecule is CCN(CC)c1ccc(N=Nc2ncc(Br)cc2Br)c([O-])c1. The summed E-state index contributed by atoms with van der Waals surface area (Å²) in [5.74, 6) is 0.275. The lowest BCUT2D eigenvalue weighted by atomic mass is 10.2. The molecule has 0 unspecified atom stereocenters. The lowest BCUT2D eigenvalue weighted by Crippen LogP contribution is -2.21. The van der Waals surface area contributed by atoms with E-state index in [-0.39, 0.29) is 5.75 Å². The van der Waals surface area contributed by atoms with Crippen LogP contribution in [-0.4, -0.2) is 18.1 Å². The Hall–Kier alpha value is -1.47. The van der Waals surface area contributed by atoms with Crippen LogP contribution in [0.4, 0.5) is 17.2 Å². The van der Waals surface area contributed by atoms with Crippen molar-refractivity contribution >= 4 is 49.1 Å². The van der Waals surface area contributed by atoms with Crippen LogP contribution in [0.25, 0.3) is 0 Å². The number of nitrogens with zero attached hydrogens (tertiary/aromatic N) is 4. The molecule has 1 aromatic heterocycles. The van der Waals surface area contributed by atoms with Crippen LogP contribution < -0.4 is 10.0 Å². The van der Waals surface area contributed by atoms with Gasteiger partial charge in [0.15, 0.2) is 5.82 Å². The second kappa shape index (κ2) is 7.69. The zero-order chi connectivity index (χ0) is 16.1. The van der Waals surface area contributed by atoms with Crippen molar-refractivity contribution in [1.82, 2.24) is 4.98 Å². The maximum Gasteiger partial charge on any atom is 0.188 e. The minimum absolute atomic E-state index is 0.151. The molecule has 2 rings (SSSR count). The van der Waals surface area contributed by atoms with Gasteiger partial charge in [0.1, 0.15) is 0 Å². The van der Waals surface area contributed by atoms with Crippen molar-refractivity contribution in [2.45, 2.75) is 13.8 Å². The lowest BCUT2D eigenvalue weighted by molar-refractivity contribution is -0.267. The zero-order valence-electron chi connectivity index (χ0n) is 12.3. The molecule has 0 fully saturated rings. The van der Waals surface area contributed by atoms with E-state index < -0.39 is 0 Å². The van der Waals surface area contributed by atoms with E-state index in [0.29, 0.717) is 16.0 Å². The van der Waals surface area contributed by atoms with E-state index in [0.717, 1.165) is 23.2 Å². The molecule has 0 aliphatic carbocycles. The maximum atomic E-state index is 12.1. The molecule has 0 amide bonds. The largest absolute Gasteiger partial charge is 0.871 e. The molecule has 0 aliphatic rings. The number of aromatic nitrogens is 1. The maximum absolute atomic E-state index is 12.1. The third kappa shape index (κ3) is 4.04. The van der Waals surface area contributed by atoms with E-state index in [9.17, 15) is 5.11 Å². The Morgan fingerprint density at radius 1 is 1.14 bits per heavy atom. The first-order chi connectivity index (χ1) is 10.5. The number of pyridine rings is 1. The smallest absolute Gasteiger partial charge is 0.188 e. The molecule has 0 N–H and O–H groups in total. The fourth-order valence-corrected chi connectivity index (χ4v) is 3.02. The summed E-state index contributed by atoms with van der Waals surface area (Å²) in [5.41, 5.74) is 1.20. The average Bonchev–Trinajstić information content (AvgIpc) is 2.49. The standard InChI is InChI=1S/C15H16Br2N4O/c1-3-21(4-2)11-5-6-13(14(22)8-11)19-20-15-12(17)7-10(16)9-18-15/h5-9,22H,3-4H2,1-2H3/p-1. The molecule has 1 heterocycles. The highest BCUT2D eigenvalue weighted by Gasteiger charge is 2.04. The summed E-state index contributed by atoms with van der Waals surface area (Å²) in [6.07, 6.45) is 1.63. The molecule has 7 heteroatoms. The predicted octanol–water partition coefficient (Wildman–Crippen LogP) is 4.94. The molecule has 0 saturated carbocycles. The van der Waals surface area contributed by atoms with Crippen molar-refractivity contribution in [1.29, 1.82) is 0 Å². The Morgan fingerprint density at radius 2 is 1.86 bits per heavy atom. The molecule has 1 aromatic carbocycles. The van der Waals surface area contributed by atoms with Crippen LogP contribution in [0.5, 0.6) is 5.75 Å². The van der Waals surface area contributed by atoms with Crippen molar-refractivity contribution in [2.24, 2.45) is 10.2 Å². The van der Waals surface area contributed by atoms with Crippen molar-refractivity contribution < 1.29 is 5.11 Å². The first-order valence-electron chi connectivity index (χ1n) is 6.84. The third-order valence-electron chi connectivity index (χ3n) is 3.11. The van der Waals surface area contributed by atoms with Gasteiger partial charge in [-0.25, -0.2) is 4.98 Å². The fraction of sp³-hybridized carbons (Fsp3) is 0.267. The predicted molar refractivity (Wildman–Crippen MR) is 93.3 cm³/mol. The minimum Gasteiger partial charge on any atom is -0.871 e. The van der Waals surface area contributed by atoms with Crippen LogP contribution in [0, 0.1) is 0 Å². The first-order valence-corrected chi connectivity index (χ1v) is 8.42. The molecular formula is C15H15Br2N4O-. The van der Waals surface area contributed by atoms with Gasteiger partial charge in [0.25, 0.3) is 0 Å². The number of hydrogen-bond acceptors (Lipinski definition) is 5. The number of halogens is 2. The van der Waals surface area contributed by atoms with Gasteiger partial charge in [0.05, 0.1) is 10.2 Å². The van der Waals surface area contributed by atoms with E-state index in [1.165, 1.54) is 0 Å². The highest BCUT2D eigenvalue weighted by atomic mass is 79.9. The second-order valence-corrected chi connectivity index (χ2v) is 6.25. The number of rotatable bonds is 5. The summed E-state index contributed by atoms with van der Waals surface area (Å²) >= 11 is 6.68. The van der Waals surface area contributed by atoms with Gasteiger partial charge in [-0.3, -0.25) is 0 Å². The van der Waals surface area contributed by atoms with Gasteiger partial charge in [0.2, 0.25) is 0 Å². The van der Waals surface area contributed by atoms with E-state index in [4.69, 9.17) is 0 Å². The highest BCUT2D eigenvalue weighted by molar-refractivity contribution is 9.11.